The Morgan fingerprint density at radius 3 is 2.33 bits per heavy atom. The van der Waals surface area contributed by atoms with Crippen LogP contribution in [0, 0.1) is 0 Å². The van der Waals surface area contributed by atoms with Gasteiger partial charge < -0.3 is 5.73 Å². The van der Waals surface area contributed by atoms with Crippen molar-refractivity contribution in [3.05, 3.63) is 83.4 Å². The van der Waals surface area contributed by atoms with E-state index in [4.69, 9.17) is 5.73 Å². The van der Waals surface area contributed by atoms with Gasteiger partial charge in [-0.2, -0.15) is 0 Å². The molecule has 1 atom stereocenters. The molecule has 1 heteroatoms. The molecule has 0 radical (unpaired) electrons. The molecule has 3 aromatic carbocycles. The van der Waals surface area contributed by atoms with Crippen LogP contribution in [0.5, 0.6) is 0 Å². The summed E-state index contributed by atoms with van der Waals surface area (Å²) in [6, 6.07) is 21.5. The third kappa shape index (κ3) is 2.11. The van der Waals surface area contributed by atoms with E-state index in [-0.39, 0.29) is 0 Å². The molecule has 0 fully saturated rings. The largest absolute Gasteiger partial charge is 0.399 e. The quantitative estimate of drug-likeness (QED) is 0.621. The predicted molar refractivity (Wildman–Crippen MR) is 90.3 cm³/mol. The highest BCUT2D eigenvalue weighted by molar-refractivity contribution is 5.86. The maximum atomic E-state index is 5.81. The summed E-state index contributed by atoms with van der Waals surface area (Å²) in [6.45, 7) is 0. The van der Waals surface area contributed by atoms with Crippen molar-refractivity contribution >= 4 is 22.5 Å². The Hall–Kier alpha value is -2.54. The van der Waals surface area contributed by atoms with Crippen LogP contribution in [0.15, 0.2) is 66.7 Å². The van der Waals surface area contributed by atoms with Crippen molar-refractivity contribution in [1.29, 1.82) is 0 Å². The molecule has 4 rings (SSSR count). The van der Waals surface area contributed by atoms with Crippen LogP contribution in [-0.4, -0.2) is 0 Å². The van der Waals surface area contributed by atoms with Crippen LogP contribution < -0.4 is 5.73 Å². The van der Waals surface area contributed by atoms with Crippen molar-refractivity contribution in [3.63, 3.8) is 0 Å². The van der Waals surface area contributed by atoms with Crippen molar-refractivity contribution in [2.24, 2.45) is 0 Å². The van der Waals surface area contributed by atoms with Crippen LogP contribution in [-0.2, 0) is 0 Å². The van der Waals surface area contributed by atoms with E-state index in [2.05, 4.69) is 60.7 Å². The number of rotatable bonds is 1. The van der Waals surface area contributed by atoms with E-state index < -0.39 is 0 Å². The fourth-order valence-corrected chi connectivity index (χ4v) is 3.22. The van der Waals surface area contributed by atoms with E-state index in [1.807, 2.05) is 12.1 Å². The summed E-state index contributed by atoms with van der Waals surface area (Å²) in [5.41, 5.74) is 10.7. The number of fused-ring (bicyclic) bond motifs is 2. The van der Waals surface area contributed by atoms with Gasteiger partial charge in [0.25, 0.3) is 0 Å². The van der Waals surface area contributed by atoms with Crippen LogP contribution in [0.3, 0.4) is 0 Å². The van der Waals surface area contributed by atoms with Crippen molar-refractivity contribution < 1.29 is 0 Å². The number of anilines is 1. The lowest BCUT2D eigenvalue weighted by Gasteiger charge is -2.23. The molecule has 2 N–H and O–H groups in total. The molecule has 0 aromatic heterocycles. The van der Waals surface area contributed by atoms with E-state index in [0.717, 1.165) is 12.1 Å². The standard InChI is InChI=1S/C20H17N/c21-18-10-8-14(9-11-18)19-7-3-6-17-12-15-4-1-2-5-16(15)13-20(17)19/h1-6,8-13,19H,7,21H2. The summed E-state index contributed by atoms with van der Waals surface area (Å²) in [4.78, 5) is 0. The molecule has 1 aliphatic carbocycles. The zero-order valence-electron chi connectivity index (χ0n) is 11.8. The third-order valence-electron chi connectivity index (χ3n) is 4.33. The highest BCUT2D eigenvalue weighted by Crippen LogP contribution is 2.37. The van der Waals surface area contributed by atoms with Gasteiger partial charge in [-0.05, 0) is 58.1 Å². The summed E-state index contributed by atoms with van der Waals surface area (Å²) in [6.07, 6.45) is 5.57. The van der Waals surface area contributed by atoms with Gasteiger partial charge in [0.1, 0.15) is 0 Å². The van der Waals surface area contributed by atoms with Gasteiger partial charge >= 0.3 is 0 Å². The summed E-state index contributed by atoms with van der Waals surface area (Å²) in [5, 5.41) is 2.62. The molecule has 21 heavy (non-hydrogen) atoms. The lowest BCUT2D eigenvalue weighted by Crippen LogP contribution is -2.06. The molecule has 0 saturated carbocycles. The van der Waals surface area contributed by atoms with Crippen molar-refractivity contribution in [1.82, 2.24) is 0 Å². The summed E-state index contributed by atoms with van der Waals surface area (Å²) < 4.78 is 0. The van der Waals surface area contributed by atoms with Gasteiger partial charge in [0.2, 0.25) is 0 Å². The van der Waals surface area contributed by atoms with Crippen LogP contribution in [0.1, 0.15) is 29.0 Å². The molecular weight excluding hydrogens is 254 g/mol. The number of benzene rings is 3. The Bertz CT molecular complexity index is 828. The van der Waals surface area contributed by atoms with Gasteiger partial charge in [-0.25, -0.2) is 0 Å². The van der Waals surface area contributed by atoms with E-state index in [0.29, 0.717) is 5.92 Å². The smallest absolute Gasteiger partial charge is 0.0314 e. The van der Waals surface area contributed by atoms with Gasteiger partial charge in [-0.1, -0.05) is 48.6 Å². The van der Waals surface area contributed by atoms with Crippen LogP contribution in [0.4, 0.5) is 5.69 Å². The lowest BCUT2D eigenvalue weighted by atomic mass is 9.81. The summed E-state index contributed by atoms with van der Waals surface area (Å²) in [7, 11) is 0. The molecule has 1 unspecified atom stereocenters. The van der Waals surface area contributed by atoms with E-state index in [9.17, 15) is 0 Å². The Labute approximate surface area is 124 Å². The minimum atomic E-state index is 0.426. The summed E-state index contributed by atoms with van der Waals surface area (Å²) >= 11 is 0. The number of nitrogen functional groups attached to an aromatic ring is 1. The molecule has 1 nitrogen and oxygen atoms in total. The first kappa shape index (κ1) is 12.2. The van der Waals surface area contributed by atoms with Crippen LogP contribution in [0.2, 0.25) is 0 Å². The molecular formula is C20H17N. The monoisotopic (exact) mass is 271 g/mol. The minimum Gasteiger partial charge on any atom is -0.399 e. The second-order valence-corrected chi connectivity index (χ2v) is 5.69. The van der Waals surface area contributed by atoms with Gasteiger partial charge in [-0.3, -0.25) is 0 Å². The van der Waals surface area contributed by atoms with Gasteiger partial charge in [0.05, 0.1) is 0 Å². The third-order valence-corrected chi connectivity index (χ3v) is 4.33. The van der Waals surface area contributed by atoms with Gasteiger partial charge in [-0.15, -0.1) is 0 Å². The second kappa shape index (κ2) is 4.78. The maximum Gasteiger partial charge on any atom is 0.0314 e. The average molecular weight is 271 g/mol. The Morgan fingerprint density at radius 1 is 0.857 bits per heavy atom. The fourth-order valence-electron chi connectivity index (χ4n) is 3.22. The molecule has 3 aromatic rings. The summed E-state index contributed by atoms with van der Waals surface area (Å²) in [5.74, 6) is 0.426. The maximum absolute atomic E-state index is 5.81. The zero-order chi connectivity index (χ0) is 14.2. The Kier molecular flexibility index (Phi) is 2.78. The molecule has 102 valence electrons. The van der Waals surface area contributed by atoms with Crippen molar-refractivity contribution in [2.45, 2.75) is 12.3 Å². The molecule has 0 heterocycles. The Balaban J connectivity index is 1.88. The number of nitrogens with two attached hydrogens (primary N) is 1. The second-order valence-electron chi connectivity index (χ2n) is 5.69. The molecule has 0 saturated heterocycles. The first-order valence-electron chi connectivity index (χ1n) is 7.36. The topological polar surface area (TPSA) is 26.0 Å². The van der Waals surface area contributed by atoms with Gasteiger partial charge in [0, 0.05) is 11.6 Å². The van der Waals surface area contributed by atoms with E-state index >= 15 is 0 Å². The average Bonchev–Trinajstić information content (AvgIpc) is 2.53. The van der Waals surface area contributed by atoms with Crippen molar-refractivity contribution in [3.8, 4) is 0 Å². The van der Waals surface area contributed by atoms with Crippen molar-refractivity contribution in [2.75, 3.05) is 5.73 Å². The molecule has 0 aliphatic heterocycles. The predicted octanol–water partition coefficient (Wildman–Crippen LogP) is 4.97. The molecule has 0 bridgehead atoms. The van der Waals surface area contributed by atoms with E-state index in [1.54, 1.807) is 0 Å². The van der Waals surface area contributed by atoms with E-state index in [1.165, 1.54) is 27.5 Å². The zero-order valence-corrected chi connectivity index (χ0v) is 11.8. The minimum absolute atomic E-state index is 0.426. The normalized spacial score (nSPS) is 16.9. The van der Waals surface area contributed by atoms with Crippen LogP contribution >= 0.6 is 0 Å². The number of allylic oxidation sites excluding steroid dienone is 1. The lowest BCUT2D eigenvalue weighted by molar-refractivity contribution is 0.821. The first-order valence-corrected chi connectivity index (χ1v) is 7.36. The highest BCUT2D eigenvalue weighted by atomic mass is 14.5. The van der Waals surface area contributed by atoms with Crippen LogP contribution in [0.25, 0.3) is 16.8 Å². The highest BCUT2D eigenvalue weighted by Gasteiger charge is 2.19. The fraction of sp³-hybridized carbons (Fsp3) is 0.100. The molecule has 0 amide bonds. The first-order chi connectivity index (χ1) is 10.3. The molecule has 1 aliphatic rings. The Morgan fingerprint density at radius 2 is 1.57 bits per heavy atom. The SMILES string of the molecule is Nc1ccc(C2CC=Cc3cc4ccccc4cc32)cc1. The number of hydrogen-bond donors (Lipinski definition) is 1. The van der Waals surface area contributed by atoms with Gasteiger partial charge in [0.15, 0.2) is 0 Å². The number of hydrogen-bond acceptors (Lipinski definition) is 1. The molecule has 0 spiro atoms.